The molecule has 1 atom stereocenters. The van der Waals surface area contributed by atoms with Crippen molar-refractivity contribution >= 4 is 16.8 Å². The molecule has 0 radical (unpaired) electrons. The van der Waals surface area contributed by atoms with Crippen molar-refractivity contribution in [1.82, 2.24) is 10.3 Å². The fourth-order valence-electron chi connectivity index (χ4n) is 3.60. The van der Waals surface area contributed by atoms with E-state index in [1.54, 1.807) is 0 Å². The number of fused-ring (bicyclic) bond motifs is 1. The van der Waals surface area contributed by atoms with Crippen molar-refractivity contribution in [2.24, 2.45) is 0 Å². The number of ether oxygens (including phenoxy) is 2. The zero-order valence-electron chi connectivity index (χ0n) is 16.9. The minimum atomic E-state index is -0.104. The molecule has 1 aliphatic rings. The van der Waals surface area contributed by atoms with E-state index in [2.05, 4.69) is 36.5 Å². The van der Waals surface area contributed by atoms with Crippen LogP contribution in [0.5, 0.6) is 5.75 Å². The van der Waals surface area contributed by atoms with Crippen molar-refractivity contribution in [3.63, 3.8) is 0 Å². The van der Waals surface area contributed by atoms with Crippen LogP contribution in [0.25, 0.3) is 22.2 Å². The molecule has 5 heteroatoms. The second-order valence-corrected chi connectivity index (χ2v) is 7.38. The monoisotopic (exact) mass is 390 g/mol. The Bertz CT molecular complexity index is 1010. The van der Waals surface area contributed by atoms with Gasteiger partial charge in [-0.3, -0.25) is 4.79 Å². The van der Waals surface area contributed by atoms with Crippen molar-refractivity contribution in [2.45, 2.75) is 32.8 Å². The lowest BCUT2D eigenvalue weighted by molar-refractivity contribution is 0.0858. The Labute approximate surface area is 171 Å². The largest absolute Gasteiger partial charge is 0.493 e. The summed E-state index contributed by atoms with van der Waals surface area (Å²) < 4.78 is 11.5. The summed E-state index contributed by atoms with van der Waals surface area (Å²) in [4.78, 5) is 17.4. The number of carbonyl (C=O) groups excluding carboxylic acids is 1. The molecular formula is C24H26N2O3. The van der Waals surface area contributed by atoms with Crippen LogP contribution in [0.3, 0.4) is 0 Å². The van der Waals surface area contributed by atoms with E-state index in [4.69, 9.17) is 14.5 Å². The van der Waals surface area contributed by atoms with Crippen molar-refractivity contribution < 1.29 is 14.3 Å². The first-order valence-electron chi connectivity index (χ1n) is 10.2. The Morgan fingerprint density at radius 1 is 1.21 bits per heavy atom. The topological polar surface area (TPSA) is 60.5 Å². The molecular weight excluding hydrogens is 364 g/mol. The summed E-state index contributed by atoms with van der Waals surface area (Å²) in [5.74, 6) is 0.634. The lowest BCUT2D eigenvalue weighted by Crippen LogP contribution is -2.31. The van der Waals surface area contributed by atoms with Gasteiger partial charge in [0.05, 0.1) is 23.9 Å². The third kappa shape index (κ3) is 4.40. The van der Waals surface area contributed by atoms with E-state index in [9.17, 15) is 4.79 Å². The van der Waals surface area contributed by atoms with Crippen molar-refractivity contribution in [3.8, 4) is 17.0 Å². The summed E-state index contributed by atoms with van der Waals surface area (Å²) in [5.41, 5.74) is 4.51. The quantitative estimate of drug-likeness (QED) is 0.672. The molecule has 0 unspecified atom stereocenters. The number of aromatic nitrogens is 1. The number of nitrogens with zero attached hydrogens (tertiary/aromatic N) is 1. The molecule has 0 bridgehead atoms. The molecule has 29 heavy (non-hydrogen) atoms. The summed E-state index contributed by atoms with van der Waals surface area (Å²) in [7, 11) is 0. The minimum absolute atomic E-state index is 0.104. The van der Waals surface area contributed by atoms with Crippen LogP contribution < -0.4 is 10.1 Å². The Kier molecular flexibility index (Phi) is 5.76. The van der Waals surface area contributed by atoms with Crippen LogP contribution in [0, 0.1) is 6.92 Å². The maximum atomic E-state index is 12.6. The summed E-state index contributed by atoms with van der Waals surface area (Å²) in [5, 5.41) is 3.81. The van der Waals surface area contributed by atoms with E-state index < -0.39 is 0 Å². The number of aryl methyl sites for hydroxylation is 1. The average Bonchev–Trinajstić information content (AvgIpc) is 3.26. The number of hydrogen-bond donors (Lipinski definition) is 1. The standard InChI is InChI=1S/C24H26N2O3/c1-3-28-23-14-22(17-8-6-16(2)7-9-17)26-21-11-10-18(13-20(21)23)24(27)25-15-19-5-4-12-29-19/h6-11,13-14,19H,3-5,12,15H2,1-2H3,(H,25,27)/t19-/m0/s1. The molecule has 1 aliphatic heterocycles. The van der Waals surface area contributed by atoms with Crippen LogP contribution in [0.2, 0.25) is 0 Å². The molecule has 3 aromatic rings. The molecule has 1 amide bonds. The molecule has 5 nitrogen and oxygen atoms in total. The van der Waals surface area contributed by atoms with Gasteiger partial charge in [-0.15, -0.1) is 0 Å². The summed E-state index contributed by atoms with van der Waals surface area (Å²) in [6.45, 7) is 5.88. The van der Waals surface area contributed by atoms with E-state index in [-0.39, 0.29) is 12.0 Å². The maximum Gasteiger partial charge on any atom is 0.251 e. The fourth-order valence-corrected chi connectivity index (χ4v) is 3.60. The van der Waals surface area contributed by atoms with Crippen molar-refractivity contribution in [3.05, 3.63) is 59.7 Å². The van der Waals surface area contributed by atoms with E-state index in [0.717, 1.165) is 47.4 Å². The van der Waals surface area contributed by atoms with E-state index >= 15 is 0 Å². The molecule has 0 saturated carbocycles. The SMILES string of the molecule is CCOc1cc(-c2ccc(C)cc2)nc2ccc(C(=O)NC[C@@H]3CCCO3)cc12. The van der Waals surface area contributed by atoms with Crippen molar-refractivity contribution in [2.75, 3.05) is 19.8 Å². The number of pyridine rings is 1. The van der Waals surface area contributed by atoms with Gasteiger partial charge < -0.3 is 14.8 Å². The first-order valence-corrected chi connectivity index (χ1v) is 10.2. The number of nitrogens with one attached hydrogen (secondary N) is 1. The highest BCUT2D eigenvalue weighted by Gasteiger charge is 2.17. The van der Waals surface area contributed by atoms with Gasteiger partial charge >= 0.3 is 0 Å². The number of carbonyl (C=O) groups is 1. The number of rotatable bonds is 6. The Morgan fingerprint density at radius 3 is 2.76 bits per heavy atom. The van der Waals surface area contributed by atoms with Gasteiger partial charge in [-0.2, -0.15) is 0 Å². The third-order valence-corrected chi connectivity index (χ3v) is 5.19. The Morgan fingerprint density at radius 2 is 2.03 bits per heavy atom. The fraction of sp³-hybridized carbons (Fsp3) is 0.333. The summed E-state index contributed by atoms with van der Waals surface area (Å²) in [6.07, 6.45) is 2.18. The Hall–Kier alpha value is -2.92. The van der Waals surface area contributed by atoms with Crippen LogP contribution in [0.15, 0.2) is 48.5 Å². The predicted octanol–water partition coefficient (Wildman–Crippen LogP) is 4.52. The molecule has 150 valence electrons. The zero-order chi connectivity index (χ0) is 20.2. The van der Waals surface area contributed by atoms with Gasteiger partial charge in [0.25, 0.3) is 5.91 Å². The lowest BCUT2D eigenvalue weighted by Gasteiger charge is -2.13. The van der Waals surface area contributed by atoms with Crippen LogP contribution in [0.1, 0.15) is 35.7 Å². The maximum absolute atomic E-state index is 12.6. The number of hydrogen-bond acceptors (Lipinski definition) is 4. The molecule has 0 aliphatic carbocycles. The van der Waals surface area contributed by atoms with Gasteiger partial charge in [-0.25, -0.2) is 4.98 Å². The first kappa shape index (κ1) is 19.4. The molecule has 1 aromatic heterocycles. The predicted molar refractivity (Wildman–Crippen MR) is 114 cm³/mol. The highest BCUT2D eigenvalue weighted by molar-refractivity contribution is 5.99. The highest BCUT2D eigenvalue weighted by atomic mass is 16.5. The summed E-state index contributed by atoms with van der Waals surface area (Å²) in [6, 6.07) is 15.8. The smallest absolute Gasteiger partial charge is 0.251 e. The van der Waals surface area contributed by atoms with E-state index in [1.165, 1.54) is 5.56 Å². The van der Waals surface area contributed by atoms with Gasteiger partial charge in [-0.1, -0.05) is 29.8 Å². The molecule has 1 N–H and O–H groups in total. The third-order valence-electron chi connectivity index (χ3n) is 5.19. The molecule has 1 fully saturated rings. The van der Waals surface area contributed by atoms with Gasteiger partial charge in [0.15, 0.2) is 0 Å². The van der Waals surface area contributed by atoms with Gasteiger partial charge in [0, 0.05) is 35.7 Å². The molecule has 2 aromatic carbocycles. The average molecular weight is 390 g/mol. The van der Waals surface area contributed by atoms with Crippen LogP contribution in [0.4, 0.5) is 0 Å². The second kappa shape index (κ2) is 8.62. The number of benzene rings is 2. The van der Waals surface area contributed by atoms with Crippen LogP contribution in [-0.4, -0.2) is 36.8 Å². The van der Waals surface area contributed by atoms with Crippen molar-refractivity contribution in [1.29, 1.82) is 0 Å². The van der Waals surface area contributed by atoms with E-state index in [1.807, 2.05) is 31.2 Å². The summed E-state index contributed by atoms with van der Waals surface area (Å²) >= 11 is 0. The van der Waals surface area contributed by atoms with Gasteiger partial charge in [0.1, 0.15) is 5.75 Å². The lowest BCUT2D eigenvalue weighted by atomic mass is 10.1. The number of amides is 1. The van der Waals surface area contributed by atoms with E-state index in [0.29, 0.717) is 18.7 Å². The Balaban J connectivity index is 1.64. The van der Waals surface area contributed by atoms with Gasteiger partial charge in [0.2, 0.25) is 0 Å². The molecule has 1 saturated heterocycles. The highest BCUT2D eigenvalue weighted by Crippen LogP contribution is 2.31. The minimum Gasteiger partial charge on any atom is -0.493 e. The van der Waals surface area contributed by atoms with Gasteiger partial charge in [-0.05, 0) is 44.9 Å². The molecule has 4 rings (SSSR count). The van der Waals surface area contributed by atoms with Crippen LogP contribution in [-0.2, 0) is 4.74 Å². The van der Waals surface area contributed by atoms with Crippen LogP contribution >= 0.6 is 0 Å². The first-order chi connectivity index (χ1) is 14.1. The second-order valence-electron chi connectivity index (χ2n) is 7.38. The molecule has 2 heterocycles. The zero-order valence-corrected chi connectivity index (χ0v) is 16.9. The molecule has 0 spiro atoms. The normalized spacial score (nSPS) is 16.1.